The number of carbonyl (C=O) groups excluding carboxylic acids is 2. The molecule has 2 amide bonds. The zero-order chi connectivity index (χ0) is 26.2. The predicted octanol–water partition coefficient (Wildman–Crippen LogP) is 4.54. The van der Waals surface area contributed by atoms with Gasteiger partial charge in [0.2, 0.25) is 5.91 Å². The van der Waals surface area contributed by atoms with Crippen molar-refractivity contribution < 1.29 is 19.2 Å². The maximum atomic E-state index is 13.4. The van der Waals surface area contributed by atoms with Crippen LogP contribution < -0.4 is 10.6 Å². The van der Waals surface area contributed by atoms with Gasteiger partial charge in [-0.1, -0.05) is 24.3 Å². The van der Waals surface area contributed by atoms with Crippen LogP contribution in [0.1, 0.15) is 22.9 Å². The summed E-state index contributed by atoms with van der Waals surface area (Å²) >= 11 is 3.03. The second-order valence-electron chi connectivity index (χ2n) is 8.00. The highest BCUT2D eigenvalue weighted by Gasteiger charge is 2.26. The number of non-ortho nitro benzene ring substituents is 1. The molecule has 3 aromatic heterocycles. The number of methoxy groups -OCH3 is 1. The number of hydrogen-bond acceptors (Lipinski definition) is 9. The number of aromatic nitrogens is 2. The first-order chi connectivity index (χ1) is 17.9. The molecule has 10 nitrogen and oxygen atoms in total. The van der Waals surface area contributed by atoms with E-state index in [0.717, 1.165) is 21.0 Å². The van der Waals surface area contributed by atoms with Crippen molar-refractivity contribution in [2.75, 3.05) is 7.11 Å². The lowest BCUT2D eigenvalue weighted by Crippen LogP contribution is -2.49. The smallest absolute Gasteiger partial charge is 0.407 e. The van der Waals surface area contributed by atoms with Crippen LogP contribution in [0.25, 0.3) is 9.88 Å². The Morgan fingerprint density at radius 2 is 1.86 bits per heavy atom. The number of nitro benzene ring substituents is 1. The molecule has 2 N–H and O–H groups in total. The molecule has 1 aromatic carbocycles. The summed E-state index contributed by atoms with van der Waals surface area (Å²) < 4.78 is 4.72. The molecule has 0 aliphatic carbocycles. The van der Waals surface area contributed by atoms with Gasteiger partial charge in [-0.25, -0.2) is 9.78 Å². The molecular weight excluding hydrogens is 514 g/mol. The van der Waals surface area contributed by atoms with Gasteiger partial charge in [-0.2, -0.15) is 0 Å². The Morgan fingerprint density at radius 1 is 1.05 bits per heavy atom. The molecule has 190 valence electrons. The molecule has 4 aromatic rings. The Kier molecular flexibility index (Phi) is 8.54. The van der Waals surface area contributed by atoms with Crippen molar-refractivity contribution in [2.24, 2.45) is 0 Å². The molecule has 0 bridgehead atoms. The van der Waals surface area contributed by atoms with Crippen LogP contribution in [-0.4, -0.2) is 40.0 Å². The average Bonchev–Trinajstić information content (AvgIpc) is 3.61. The molecule has 0 spiro atoms. The molecule has 37 heavy (non-hydrogen) atoms. The first-order valence-corrected chi connectivity index (χ1v) is 12.9. The number of thiophene rings is 1. The largest absolute Gasteiger partial charge is 0.453 e. The highest BCUT2D eigenvalue weighted by molar-refractivity contribution is 7.20. The van der Waals surface area contributed by atoms with Gasteiger partial charge in [-0.15, -0.1) is 22.7 Å². The van der Waals surface area contributed by atoms with Gasteiger partial charge in [0, 0.05) is 36.3 Å². The van der Waals surface area contributed by atoms with Gasteiger partial charge < -0.3 is 15.4 Å². The molecule has 0 aliphatic rings. The highest BCUT2D eigenvalue weighted by Crippen LogP contribution is 2.31. The molecule has 4 rings (SSSR count). The first kappa shape index (κ1) is 25.9. The Labute approximate surface area is 220 Å². The van der Waals surface area contributed by atoms with Crippen molar-refractivity contribution in [3.63, 3.8) is 0 Å². The average molecular weight is 538 g/mol. The zero-order valence-corrected chi connectivity index (χ0v) is 21.3. The minimum absolute atomic E-state index is 0.0169. The fourth-order valence-electron chi connectivity index (χ4n) is 3.62. The van der Waals surface area contributed by atoms with E-state index in [1.165, 1.54) is 30.6 Å². The fraction of sp³-hybridized carbons (Fsp3) is 0.200. The lowest BCUT2D eigenvalue weighted by Gasteiger charge is -2.22. The maximum absolute atomic E-state index is 13.4. The minimum atomic E-state index is -0.925. The van der Waals surface area contributed by atoms with Gasteiger partial charge in [0.1, 0.15) is 11.0 Å². The Morgan fingerprint density at radius 3 is 2.51 bits per heavy atom. The number of hydrogen-bond donors (Lipinski definition) is 2. The van der Waals surface area contributed by atoms with E-state index >= 15 is 0 Å². The van der Waals surface area contributed by atoms with Gasteiger partial charge in [0.15, 0.2) is 0 Å². The topological polar surface area (TPSA) is 136 Å². The van der Waals surface area contributed by atoms with Crippen LogP contribution in [0.3, 0.4) is 0 Å². The molecule has 0 saturated carbocycles. The summed E-state index contributed by atoms with van der Waals surface area (Å²) in [4.78, 5) is 45.9. The fourth-order valence-corrected chi connectivity index (χ4v) is 5.30. The molecule has 0 saturated heterocycles. The Hall–Kier alpha value is -4.16. The quantitative estimate of drug-likeness (QED) is 0.224. The van der Waals surface area contributed by atoms with E-state index < -0.39 is 29.0 Å². The van der Waals surface area contributed by atoms with Gasteiger partial charge in [-0.05, 0) is 35.1 Å². The van der Waals surface area contributed by atoms with E-state index in [1.807, 2.05) is 29.0 Å². The maximum Gasteiger partial charge on any atom is 0.407 e. The Balaban J connectivity index is 1.60. The number of alkyl carbamates (subject to hydrolysis) is 1. The standard InChI is InChI=1S/C25H23N5O5S2/c1-35-25(32)29-20(13-17-4-2-10-26-14-17)23(31)27-19(12-16-6-8-18(9-7-16)30(33)34)21-15-37-24(28-21)22-5-3-11-36-22/h2-11,14-15,19-20H,12-13H2,1H3,(H,27,31)(H,29,32)/t19-,20?/m0/s1. The summed E-state index contributed by atoms with van der Waals surface area (Å²) in [5.41, 5.74) is 2.18. The molecule has 3 heterocycles. The molecule has 1 unspecified atom stereocenters. The number of ether oxygens (including phenoxy) is 1. The van der Waals surface area contributed by atoms with Crippen molar-refractivity contribution in [3.05, 3.63) is 98.6 Å². The van der Waals surface area contributed by atoms with E-state index in [1.54, 1.807) is 41.9 Å². The summed E-state index contributed by atoms with van der Waals surface area (Å²) in [6.07, 6.45) is 3.07. The highest BCUT2D eigenvalue weighted by atomic mass is 32.1. The van der Waals surface area contributed by atoms with Crippen molar-refractivity contribution in [1.29, 1.82) is 0 Å². The summed E-state index contributed by atoms with van der Waals surface area (Å²) in [5.74, 6) is -0.424. The van der Waals surface area contributed by atoms with Crippen LogP contribution >= 0.6 is 22.7 Å². The number of rotatable bonds is 10. The second-order valence-corrected chi connectivity index (χ2v) is 9.80. The SMILES string of the molecule is COC(=O)NC(Cc1cccnc1)C(=O)N[C@@H](Cc1ccc([N+](=O)[O-])cc1)c1csc(-c2cccs2)n1. The minimum Gasteiger partial charge on any atom is -0.453 e. The van der Waals surface area contributed by atoms with E-state index in [9.17, 15) is 19.7 Å². The van der Waals surface area contributed by atoms with E-state index in [0.29, 0.717) is 12.1 Å². The molecular formula is C25H23N5O5S2. The number of carbonyl (C=O) groups is 2. The predicted molar refractivity (Wildman–Crippen MR) is 140 cm³/mol. The lowest BCUT2D eigenvalue weighted by molar-refractivity contribution is -0.384. The second kappa shape index (κ2) is 12.2. The van der Waals surface area contributed by atoms with Crippen molar-refractivity contribution >= 4 is 40.4 Å². The van der Waals surface area contributed by atoms with Gasteiger partial charge in [0.25, 0.3) is 5.69 Å². The third kappa shape index (κ3) is 6.96. The molecule has 0 radical (unpaired) electrons. The zero-order valence-electron chi connectivity index (χ0n) is 19.7. The number of nitro groups is 1. The lowest BCUT2D eigenvalue weighted by atomic mass is 10.0. The van der Waals surface area contributed by atoms with E-state index in [4.69, 9.17) is 9.72 Å². The van der Waals surface area contributed by atoms with Gasteiger partial charge >= 0.3 is 6.09 Å². The summed E-state index contributed by atoms with van der Waals surface area (Å²) in [6.45, 7) is 0. The van der Waals surface area contributed by atoms with Crippen molar-refractivity contribution in [1.82, 2.24) is 20.6 Å². The normalized spacial score (nSPS) is 12.4. The van der Waals surface area contributed by atoms with Crippen LogP contribution in [0.5, 0.6) is 0 Å². The third-order valence-electron chi connectivity index (χ3n) is 5.47. The van der Waals surface area contributed by atoms with Crippen LogP contribution in [-0.2, 0) is 22.4 Å². The van der Waals surface area contributed by atoms with Crippen LogP contribution in [0.15, 0.2) is 71.7 Å². The summed E-state index contributed by atoms with van der Waals surface area (Å²) in [6, 6.07) is 12.2. The Bertz CT molecular complexity index is 1340. The number of nitrogens with zero attached hydrogens (tertiary/aromatic N) is 3. The van der Waals surface area contributed by atoms with Gasteiger partial charge in [-0.3, -0.25) is 19.9 Å². The molecule has 0 fully saturated rings. The number of nitrogens with one attached hydrogen (secondary N) is 2. The number of benzene rings is 1. The monoisotopic (exact) mass is 537 g/mol. The van der Waals surface area contributed by atoms with E-state index in [2.05, 4.69) is 15.6 Å². The van der Waals surface area contributed by atoms with Gasteiger partial charge in [0.05, 0.1) is 28.6 Å². The van der Waals surface area contributed by atoms with Crippen molar-refractivity contribution in [2.45, 2.75) is 24.9 Å². The van der Waals surface area contributed by atoms with E-state index in [-0.39, 0.29) is 12.1 Å². The number of amides is 2. The molecule has 12 heteroatoms. The first-order valence-electron chi connectivity index (χ1n) is 11.2. The van der Waals surface area contributed by atoms with Crippen LogP contribution in [0.4, 0.5) is 10.5 Å². The summed E-state index contributed by atoms with van der Waals surface area (Å²) in [5, 5.41) is 21.3. The third-order valence-corrected chi connectivity index (χ3v) is 7.37. The van der Waals surface area contributed by atoms with Crippen LogP contribution in [0, 0.1) is 10.1 Å². The number of pyridine rings is 1. The number of thiazole rings is 1. The molecule has 2 atom stereocenters. The van der Waals surface area contributed by atoms with Crippen molar-refractivity contribution in [3.8, 4) is 9.88 Å². The summed E-state index contributed by atoms with van der Waals surface area (Å²) in [7, 11) is 1.23. The van der Waals surface area contributed by atoms with Crippen LogP contribution in [0.2, 0.25) is 0 Å². The molecule has 0 aliphatic heterocycles.